The fourth-order valence-electron chi connectivity index (χ4n) is 3.05. The van der Waals surface area contributed by atoms with Crippen LogP contribution in [0.1, 0.15) is 59.1 Å². The van der Waals surface area contributed by atoms with E-state index in [4.69, 9.17) is 9.44 Å². The van der Waals surface area contributed by atoms with Crippen LogP contribution < -0.4 is 14.2 Å². The highest BCUT2D eigenvalue weighted by atomic mass is 32.2. The number of nitrogens with zero attached hydrogens (tertiary/aromatic N) is 1. The van der Waals surface area contributed by atoms with Gasteiger partial charge in [0.1, 0.15) is 11.8 Å². The molecule has 0 aliphatic carbocycles. The third-order valence-electron chi connectivity index (χ3n) is 4.01. The molecule has 1 atom stereocenters. The first-order valence-electron chi connectivity index (χ1n) is 8.80. The largest absolute Gasteiger partial charge is 0.385 e. The second-order valence-corrected chi connectivity index (χ2v) is 9.37. The summed E-state index contributed by atoms with van der Waals surface area (Å²) in [5.74, 6) is -0.750. The van der Waals surface area contributed by atoms with Gasteiger partial charge in [0, 0.05) is 0 Å². The van der Waals surface area contributed by atoms with Gasteiger partial charge in [0.05, 0.1) is 5.70 Å². The summed E-state index contributed by atoms with van der Waals surface area (Å²) in [6.07, 6.45) is 0.933. The number of carbonyl (C=O) groups excluding carboxylic acids is 1. The smallest absolute Gasteiger partial charge is 0.333 e. The van der Waals surface area contributed by atoms with Crippen molar-refractivity contribution < 1.29 is 17.6 Å². The number of benzene rings is 1. The molecule has 28 heavy (non-hydrogen) atoms. The Morgan fingerprint density at radius 1 is 1.29 bits per heavy atom. The van der Waals surface area contributed by atoms with Gasteiger partial charge in [0.15, 0.2) is 0 Å². The molecule has 0 aliphatic heterocycles. The van der Waals surface area contributed by atoms with Crippen molar-refractivity contribution in [1.29, 1.82) is 5.26 Å². The molecule has 0 radical (unpaired) electrons. The van der Waals surface area contributed by atoms with E-state index in [1.165, 1.54) is 13.0 Å². The Morgan fingerprint density at radius 2 is 1.89 bits per heavy atom. The van der Waals surface area contributed by atoms with Crippen LogP contribution in [0.4, 0.5) is 9.18 Å². The van der Waals surface area contributed by atoms with Crippen molar-refractivity contribution in [3.05, 3.63) is 40.8 Å². The molecule has 0 heterocycles. The molecule has 1 aromatic rings. The second-order valence-electron chi connectivity index (χ2n) is 8.53. The van der Waals surface area contributed by atoms with Gasteiger partial charge in [-0.3, -0.25) is 0 Å². The predicted octanol–water partition coefficient (Wildman–Crippen LogP) is 4.69. The summed E-state index contributed by atoms with van der Waals surface area (Å²) in [6, 6.07) is 6.03. The maximum atomic E-state index is 13.1. The minimum absolute atomic E-state index is 0.127. The maximum Gasteiger partial charge on any atom is 0.333 e. The molecule has 2 N–H and O–H groups in total. The molecule has 1 unspecified atom stereocenters. The van der Waals surface area contributed by atoms with Crippen molar-refractivity contribution in [3.8, 4) is 11.8 Å². The fourth-order valence-corrected chi connectivity index (χ4v) is 3.64. The van der Waals surface area contributed by atoms with Gasteiger partial charge in [-0.1, -0.05) is 46.8 Å². The number of rotatable bonds is 6. The zero-order chi connectivity index (χ0) is 21.7. The van der Waals surface area contributed by atoms with E-state index in [0.717, 1.165) is 17.5 Å². The van der Waals surface area contributed by atoms with Gasteiger partial charge in [-0.2, -0.15) is 13.9 Å². The van der Waals surface area contributed by atoms with Crippen LogP contribution >= 0.6 is 0 Å². The van der Waals surface area contributed by atoms with Crippen LogP contribution in [-0.2, 0) is 16.7 Å². The number of halogens is 1. The molecule has 0 saturated carbocycles. The van der Waals surface area contributed by atoms with Gasteiger partial charge < -0.3 is 9.50 Å². The molecule has 154 valence electrons. The molecule has 1 rings (SSSR count). The predicted molar refractivity (Wildman–Crippen MR) is 108 cm³/mol. The molecule has 8 heteroatoms. The lowest BCUT2D eigenvalue weighted by Crippen LogP contribution is -2.37. The third kappa shape index (κ3) is 7.31. The SMILES string of the molecule is CC(NC(=O)NS(=O)Oc1cc(C(C)(C)CC(C)(C)C)ccc1C)=C(F)C#N. The number of nitriles is 1. The molecular formula is C20H28FN3O3S. The Hall–Kier alpha value is -2.40. The number of hydrogen-bond donors (Lipinski definition) is 2. The van der Waals surface area contributed by atoms with E-state index in [-0.39, 0.29) is 16.5 Å². The zero-order valence-electron chi connectivity index (χ0n) is 17.4. The lowest BCUT2D eigenvalue weighted by Gasteiger charge is -2.33. The number of urea groups is 1. The first kappa shape index (κ1) is 23.6. The summed E-state index contributed by atoms with van der Waals surface area (Å²) < 4.78 is 32.6. The van der Waals surface area contributed by atoms with Gasteiger partial charge in [-0.15, -0.1) is 0 Å². The van der Waals surface area contributed by atoms with Crippen molar-refractivity contribution in [2.45, 2.75) is 60.3 Å². The second kappa shape index (κ2) is 9.20. The number of nitrogens with one attached hydrogen (secondary N) is 2. The van der Waals surface area contributed by atoms with Crippen molar-refractivity contribution >= 4 is 17.3 Å². The molecule has 0 aliphatic rings. The van der Waals surface area contributed by atoms with Gasteiger partial charge in [0.2, 0.25) is 5.83 Å². The fraction of sp³-hybridized carbons (Fsp3) is 0.500. The average molecular weight is 410 g/mol. The molecule has 2 amide bonds. The Bertz CT molecular complexity index is 836. The third-order valence-corrected chi connectivity index (χ3v) is 4.69. The van der Waals surface area contributed by atoms with E-state index < -0.39 is 23.1 Å². The van der Waals surface area contributed by atoms with E-state index in [1.807, 2.05) is 25.1 Å². The van der Waals surface area contributed by atoms with Crippen LogP contribution in [0.15, 0.2) is 29.7 Å². The molecule has 0 bridgehead atoms. The number of amides is 2. The Kier molecular flexibility index (Phi) is 7.76. The highest BCUT2D eigenvalue weighted by molar-refractivity contribution is 7.79. The summed E-state index contributed by atoms with van der Waals surface area (Å²) in [6.45, 7) is 13.8. The highest BCUT2D eigenvalue weighted by Gasteiger charge is 2.28. The molecule has 0 saturated heterocycles. The van der Waals surface area contributed by atoms with E-state index in [9.17, 15) is 13.4 Å². The van der Waals surface area contributed by atoms with Crippen molar-refractivity contribution in [1.82, 2.24) is 10.0 Å². The first-order chi connectivity index (χ1) is 12.7. The molecule has 6 nitrogen and oxygen atoms in total. The van der Waals surface area contributed by atoms with E-state index in [0.29, 0.717) is 5.75 Å². The lowest BCUT2D eigenvalue weighted by atomic mass is 9.72. The molecule has 1 aromatic carbocycles. The van der Waals surface area contributed by atoms with Gasteiger partial charge >= 0.3 is 17.3 Å². The van der Waals surface area contributed by atoms with Crippen molar-refractivity contribution in [2.24, 2.45) is 5.41 Å². The zero-order valence-corrected chi connectivity index (χ0v) is 18.2. The van der Waals surface area contributed by atoms with Crippen molar-refractivity contribution in [3.63, 3.8) is 0 Å². The van der Waals surface area contributed by atoms with Crippen LogP contribution in [0.25, 0.3) is 0 Å². The average Bonchev–Trinajstić information content (AvgIpc) is 2.53. The summed E-state index contributed by atoms with van der Waals surface area (Å²) >= 11 is -2.19. The van der Waals surface area contributed by atoms with Crippen LogP contribution in [-0.4, -0.2) is 10.2 Å². The standard InChI is InChI=1S/C20H28FN3O3S/c1-13-8-9-15(20(6,7)12-19(3,4)5)10-17(13)27-28(26)24-18(25)23-14(2)16(21)11-22/h8-10H,12H2,1-7H3,(H2,23,24,25). The van der Waals surface area contributed by atoms with Gasteiger partial charge in [-0.05, 0) is 48.3 Å². The van der Waals surface area contributed by atoms with Crippen LogP contribution in [0, 0.1) is 23.7 Å². The van der Waals surface area contributed by atoms with E-state index in [1.54, 1.807) is 0 Å². The maximum absolute atomic E-state index is 13.1. The molecule has 0 spiro atoms. The highest BCUT2D eigenvalue weighted by Crippen LogP contribution is 2.38. The minimum Gasteiger partial charge on any atom is -0.385 e. The van der Waals surface area contributed by atoms with Crippen LogP contribution in [0.5, 0.6) is 5.75 Å². The summed E-state index contributed by atoms with van der Waals surface area (Å²) in [7, 11) is 0. The Morgan fingerprint density at radius 3 is 2.43 bits per heavy atom. The molecule has 0 aromatic heterocycles. The van der Waals surface area contributed by atoms with Crippen LogP contribution in [0.2, 0.25) is 0 Å². The summed E-state index contributed by atoms with van der Waals surface area (Å²) in [5, 5.41) is 10.5. The summed E-state index contributed by atoms with van der Waals surface area (Å²) in [4.78, 5) is 11.7. The van der Waals surface area contributed by atoms with Gasteiger partial charge in [-0.25, -0.2) is 9.52 Å². The molecular weight excluding hydrogens is 381 g/mol. The first-order valence-corrected chi connectivity index (χ1v) is 9.88. The van der Waals surface area contributed by atoms with Crippen LogP contribution in [0.3, 0.4) is 0 Å². The number of carbonyl (C=O) groups is 1. The number of aryl methyl sites for hydroxylation is 1. The minimum atomic E-state index is -2.19. The Balaban J connectivity index is 2.91. The van der Waals surface area contributed by atoms with E-state index in [2.05, 4.69) is 44.7 Å². The monoisotopic (exact) mass is 409 g/mol. The van der Waals surface area contributed by atoms with Gasteiger partial charge in [0.25, 0.3) is 0 Å². The summed E-state index contributed by atoms with van der Waals surface area (Å²) in [5.41, 5.74) is 1.51. The number of allylic oxidation sites excluding steroid dienone is 2. The Labute approximate surface area is 169 Å². The molecule has 0 fully saturated rings. The number of hydrogen-bond acceptors (Lipinski definition) is 4. The topological polar surface area (TPSA) is 91.2 Å². The quantitative estimate of drug-likeness (QED) is 0.667. The lowest BCUT2D eigenvalue weighted by molar-refractivity contribution is 0.247. The van der Waals surface area contributed by atoms with E-state index >= 15 is 0 Å². The normalized spacial score (nSPS) is 13.8. The van der Waals surface area contributed by atoms with Crippen molar-refractivity contribution in [2.75, 3.05) is 0 Å².